The van der Waals surface area contributed by atoms with Crippen molar-refractivity contribution in [2.24, 2.45) is 5.92 Å². The van der Waals surface area contributed by atoms with Crippen LogP contribution in [0.15, 0.2) is 18.2 Å². The van der Waals surface area contributed by atoms with Crippen LogP contribution in [0.1, 0.15) is 17.9 Å². The van der Waals surface area contributed by atoms with E-state index in [0.29, 0.717) is 0 Å². The first-order chi connectivity index (χ1) is 7.25. The zero-order chi connectivity index (χ0) is 10.4. The minimum absolute atomic E-state index is 0.150. The number of benzene rings is 1. The Labute approximate surface area is 86.4 Å². The molecule has 2 atom stereocenters. The Kier molecular flexibility index (Phi) is 1.65. The van der Waals surface area contributed by atoms with E-state index >= 15 is 0 Å². The Morgan fingerprint density at radius 2 is 2.13 bits per heavy atom. The minimum atomic E-state index is -0.710. The molecule has 3 rings (SSSR count). The van der Waals surface area contributed by atoms with Gasteiger partial charge in [0.25, 0.3) is 0 Å². The number of carboxylic acids is 1. The van der Waals surface area contributed by atoms with Crippen LogP contribution in [0.2, 0.25) is 0 Å². The average molecular weight is 206 g/mol. The summed E-state index contributed by atoms with van der Waals surface area (Å²) in [7, 11) is 0. The van der Waals surface area contributed by atoms with Crippen molar-refractivity contribution in [2.75, 3.05) is 6.79 Å². The summed E-state index contributed by atoms with van der Waals surface area (Å²) in [6.07, 6.45) is 0.731. The van der Waals surface area contributed by atoms with Crippen LogP contribution in [0.3, 0.4) is 0 Å². The fraction of sp³-hybridized carbons (Fsp3) is 0.364. The third kappa shape index (κ3) is 1.33. The van der Waals surface area contributed by atoms with E-state index in [2.05, 4.69) is 0 Å². The Morgan fingerprint density at radius 1 is 1.33 bits per heavy atom. The van der Waals surface area contributed by atoms with E-state index in [4.69, 9.17) is 14.6 Å². The van der Waals surface area contributed by atoms with Gasteiger partial charge in [-0.1, -0.05) is 6.07 Å². The van der Waals surface area contributed by atoms with Crippen molar-refractivity contribution in [1.82, 2.24) is 0 Å². The second-order valence-electron chi connectivity index (χ2n) is 3.90. The van der Waals surface area contributed by atoms with Crippen molar-refractivity contribution in [1.29, 1.82) is 0 Å². The van der Waals surface area contributed by atoms with Crippen molar-refractivity contribution in [3.05, 3.63) is 23.8 Å². The van der Waals surface area contributed by atoms with Gasteiger partial charge in [0.2, 0.25) is 6.79 Å². The molecule has 0 unspecified atom stereocenters. The molecule has 78 valence electrons. The predicted octanol–water partition coefficient (Wildman–Crippen LogP) is 1.60. The van der Waals surface area contributed by atoms with Gasteiger partial charge < -0.3 is 14.6 Å². The molecule has 1 N–H and O–H groups in total. The highest BCUT2D eigenvalue weighted by Crippen LogP contribution is 2.49. The summed E-state index contributed by atoms with van der Waals surface area (Å²) in [5.74, 6) is 0.690. The maximum absolute atomic E-state index is 10.7. The third-order valence-electron chi connectivity index (χ3n) is 2.93. The molecule has 0 radical (unpaired) electrons. The predicted molar refractivity (Wildman–Crippen MR) is 51.0 cm³/mol. The van der Waals surface area contributed by atoms with E-state index in [9.17, 15) is 4.79 Å². The molecule has 0 saturated heterocycles. The molecule has 1 fully saturated rings. The summed E-state index contributed by atoms with van der Waals surface area (Å²) in [5, 5.41) is 8.82. The van der Waals surface area contributed by atoms with Crippen molar-refractivity contribution in [3.8, 4) is 11.5 Å². The van der Waals surface area contributed by atoms with Gasteiger partial charge in [0.15, 0.2) is 11.5 Å². The number of rotatable bonds is 2. The molecule has 15 heavy (non-hydrogen) atoms. The standard InChI is InChI=1S/C11H10O4/c12-11(13)8-4-7(8)6-1-2-9-10(3-6)15-5-14-9/h1-3,7-8H,4-5H2,(H,12,13)/t7-,8-/m0/s1. The number of carbonyl (C=O) groups is 1. The molecular weight excluding hydrogens is 196 g/mol. The molecule has 1 aromatic rings. The molecule has 0 spiro atoms. The smallest absolute Gasteiger partial charge is 0.307 e. The molecule has 1 heterocycles. The van der Waals surface area contributed by atoms with Crippen LogP contribution >= 0.6 is 0 Å². The van der Waals surface area contributed by atoms with Gasteiger partial charge in [0.05, 0.1) is 5.92 Å². The largest absolute Gasteiger partial charge is 0.481 e. The fourth-order valence-corrected chi connectivity index (χ4v) is 1.98. The van der Waals surface area contributed by atoms with Gasteiger partial charge in [0, 0.05) is 0 Å². The van der Waals surface area contributed by atoms with Crippen molar-refractivity contribution >= 4 is 5.97 Å². The van der Waals surface area contributed by atoms with E-state index < -0.39 is 5.97 Å². The molecule has 4 heteroatoms. The minimum Gasteiger partial charge on any atom is -0.481 e. The van der Waals surface area contributed by atoms with Gasteiger partial charge in [-0.3, -0.25) is 4.79 Å². The first kappa shape index (κ1) is 8.59. The maximum Gasteiger partial charge on any atom is 0.307 e. The SMILES string of the molecule is O=C(O)[C@H]1C[C@H]1c1ccc2c(c1)OCO2. The number of hydrogen-bond donors (Lipinski definition) is 1. The Morgan fingerprint density at radius 3 is 2.87 bits per heavy atom. The van der Waals surface area contributed by atoms with Crippen molar-refractivity contribution in [2.45, 2.75) is 12.3 Å². The summed E-state index contributed by atoms with van der Waals surface area (Å²) >= 11 is 0. The topological polar surface area (TPSA) is 55.8 Å². The third-order valence-corrected chi connectivity index (χ3v) is 2.93. The Balaban J connectivity index is 1.86. The first-order valence-corrected chi connectivity index (χ1v) is 4.88. The lowest BCUT2D eigenvalue weighted by atomic mass is 10.1. The molecular formula is C11H10O4. The highest BCUT2D eigenvalue weighted by molar-refractivity contribution is 5.75. The molecule has 1 saturated carbocycles. The van der Waals surface area contributed by atoms with Gasteiger partial charge >= 0.3 is 5.97 Å². The number of fused-ring (bicyclic) bond motifs is 1. The highest BCUT2D eigenvalue weighted by atomic mass is 16.7. The Hall–Kier alpha value is -1.71. The molecule has 0 bridgehead atoms. The van der Waals surface area contributed by atoms with Crippen LogP contribution in [0.4, 0.5) is 0 Å². The van der Waals surface area contributed by atoms with Gasteiger partial charge in [-0.05, 0) is 30.0 Å². The van der Waals surface area contributed by atoms with Crippen LogP contribution < -0.4 is 9.47 Å². The fourth-order valence-electron chi connectivity index (χ4n) is 1.98. The van der Waals surface area contributed by atoms with E-state index in [1.807, 2.05) is 18.2 Å². The molecule has 1 aromatic carbocycles. The summed E-state index contributed by atoms with van der Waals surface area (Å²) in [6.45, 7) is 0.256. The number of ether oxygens (including phenoxy) is 2. The van der Waals surface area contributed by atoms with E-state index in [-0.39, 0.29) is 18.6 Å². The zero-order valence-corrected chi connectivity index (χ0v) is 7.97. The highest BCUT2D eigenvalue weighted by Gasteiger charge is 2.44. The summed E-state index contributed by atoms with van der Waals surface area (Å²) in [5.41, 5.74) is 1.03. The number of carboxylic acid groups (broad SMARTS) is 1. The Bertz CT molecular complexity index is 427. The van der Waals surface area contributed by atoms with E-state index in [1.165, 1.54) is 0 Å². The molecule has 0 amide bonds. The molecule has 4 nitrogen and oxygen atoms in total. The lowest BCUT2D eigenvalue weighted by Gasteiger charge is -2.00. The van der Waals surface area contributed by atoms with Crippen molar-refractivity contribution < 1.29 is 19.4 Å². The molecule has 0 aromatic heterocycles. The van der Waals surface area contributed by atoms with Gasteiger partial charge in [0.1, 0.15) is 0 Å². The normalized spacial score (nSPS) is 26.4. The van der Waals surface area contributed by atoms with Crippen LogP contribution in [0.5, 0.6) is 11.5 Å². The quantitative estimate of drug-likeness (QED) is 0.798. The van der Waals surface area contributed by atoms with Gasteiger partial charge in [-0.15, -0.1) is 0 Å². The second kappa shape index (κ2) is 2.89. The lowest BCUT2D eigenvalue weighted by Crippen LogP contribution is -1.98. The summed E-state index contributed by atoms with van der Waals surface area (Å²) in [4.78, 5) is 10.7. The van der Waals surface area contributed by atoms with Gasteiger partial charge in [-0.25, -0.2) is 0 Å². The van der Waals surface area contributed by atoms with E-state index in [0.717, 1.165) is 23.5 Å². The summed E-state index contributed by atoms with van der Waals surface area (Å²) in [6, 6.07) is 5.64. The lowest BCUT2D eigenvalue weighted by molar-refractivity contribution is -0.138. The second-order valence-corrected chi connectivity index (χ2v) is 3.90. The monoisotopic (exact) mass is 206 g/mol. The van der Waals surface area contributed by atoms with Crippen LogP contribution in [0.25, 0.3) is 0 Å². The first-order valence-electron chi connectivity index (χ1n) is 4.88. The van der Waals surface area contributed by atoms with Gasteiger partial charge in [-0.2, -0.15) is 0 Å². The van der Waals surface area contributed by atoms with Crippen LogP contribution in [0, 0.1) is 5.92 Å². The number of hydrogen-bond acceptors (Lipinski definition) is 3. The maximum atomic E-state index is 10.7. The van der Waals surface area contributed by atoms with E-state index in [1.54, 1.807) is 0 Å². The molecule has 1 aliphatic heterocycles. The van der Waals surface area contributed by atoms with Crippen LogP contribution in [-0.4, -0.2) is 17.9 Å². The molecule has 1 aliphatic carbocycles. The zero-order valence-electron chi connectivity index (χ0n) is 7.97. The summed E-state index contributed by atoms with van der Waals surface area (Å²) < 4.78 is 10.4. The molecule has 2 aliphatic rings. The van der Waals surface area contributed by atoms with Crippen LogP contribution in [-0.2, 0) is 4.79 Å². The number of aliphatic carboxylic acids is 1. The average Bonchev–Trinajstić information content (AvgIpc) is 2.89. The van der Waals surface area contributed by atoms with Crippen molar-refractivity contribution in [3.63, 3.8) is 0 Å².